The first kappa shape index (κ1) is 13.0. The van der Waals surface area contributed by atoms with Crippen LogP contribution in [0.4, 0.5) is 0 Å². The summed E-state index contributed by atoms with van der Waals surface area (Å²) in [6.45, 7) is 3.09. The van der Waals surface area contributed by atoms with E-state index in [0.717, 1.165) is 12.2 Å². The van der Waals surface area contributed by atoms with Gasteiger partial charge in [0.15, 0.2) is 0 Å². The minimum atomic E-state index is 0.0694. The van der Waals surface area contributed by atoms with E-state index in [1.165, 1.54) is 32.1 Å². The second kappa shape index (κ2) is 5.44. The van der Waals surface area contributed by atoms with Gasteiger partial charge < -0.3 is 10.3 Å². The number of imidazole rings is 1. The van der Waals surface area contributed by atoms with Crippen LogP contribution in [0, 0.1) is 0 Å². The number of rotatable bonds is 4. The van der Waals surface area contributed by atoms with Crippen LogP contribution < -0.4 is 5.73 Å². The molecule has 0 amide bonds. The van der Waals surface area contributed by atoms with Crippen LogP contribution in [0.3, 0.4) is 0 Å². The molecule has 17 heavy (non-hydrogen) atoms. The molecule has 1 saturated carbocycles. The zero-order chi connectivity index (χ0) is 12.3. The van der Waals surface area contributed by atoms with Gasteiger partial charge in [0.05, 0.1) is 12.0 Å². The monoisotopic (exact) mass is 253 g/mol. The van der Waals surface area contributed by atoms with Crippen molar-refractivity contribution in [3.05, 3.63) is 18.2 Å². The van der Waals surface area contributed by atoms with Crippen LogP contribution in [0.15, 0.2) is 12.5 Å². The molecule has 96 valence electrons. The molecule has 0 unspecified atom stereocenters. The Labute approximate surface area is 108 Å². The highest BCUT2D eigenvalue weighted by atomic mass is 32.2. The van der Waals surface area contributed by atoms with Crippen LogP contribution in [0.2, 0.25) is 0 Å². The number of aromatic nitrogens is 2. The average Bonchev–Trinajstić information content (AvgIpc) is 2.78. The van der Waals surface area contributed by atoms with Crippen molar-refractivity contribution in [2.75, 3.05) is 6.26 Å². The molecule has 1 aromatic rings. The molecule has 0 radical (unpaired) electrons. The van der Waals surface area contributed by atoms with E-state index in [1.807, 2.05) is 31.2 Å². The molecule has 1 aliphatic carbocycles. The summed E-state index contributed by atoms with van der Waals surface area (Å²) in [4.78, 5) is 4.25. The zero-order valence-electron chi connectivity index (χ0n) is 10.9. The molecule has 1 aromatic heterocycles. The summed E-state index contributed by atoms with van der Waals surface area (Å²) >= 11 is 2.02. The summed E-state index contributed by atoms with van der Waals surface area (Å²) in [7, 11) is 0. The maximum atomic E-state index is 5.98. The third kappa shape index (κ3) is 2.86. The number of nitrogens with two attached hydrogens (primary N) is 1. The summed E-state index contributed by atoms with van der Waals surface area (Å²) in [5.41, 5.74) is 7.14. The van der Waals surface area contributed by atoms with Gasteiger partial charge in [-0.05, 0) is 26.0 Å². The second-order valence-corrected chi connectivity index (χ2v) is 6.46. The van der Waals surface area contributed by atoms with E-state index in [0.29, 0.717) is 4.75 Å². The lowest BCUT2D eigenvalue weighted by Crippen LogP contribution is -2.33. The molecule has 1 atom stereocenters. The van der Waals surface area contributed by atoms with E-state index in [-0.39, 0.29) is 6.04 Å². The van der Waals surface area contributed by atoms with Crippen molar-refractivity contribution in [1.29, 1.82) is 0 Å². The minimum Gasteiger partial charge on any atom is -0.332 e. The SMILES string of the molecule is CSC1(Cn2cncc2[C@@H](C)N)CCCCC1. The predicted molar refractivity (Wildman–Crippen MR) is 74.2 cm³/mol. The van der Waals surface area contributed by atoms with Crippen molar-refractivity contribution in [2.24, 2.45) is 5.73 Å². The van der Waals surface area contributed by atoms with Gasteiger partial charge in [0, 0.05) is 23.5 Å². The Morgan fingerprint density at radius 3 is 2.76 bits per heavy atom. The van der Waals surface area contributed by atoms with Gasteiger partial charge in [-0.2, -0.15) is 11.8 Å². The largest absolute Gasteiger partial charge is 0.332 e. The minimum absolute atomic E-state index is 0.0694. The molecule has 0 bridgehead atoms. The topological polar surface area (TPSA) is 43.8 Å². The van der Waals surface area contributed by atoms with Crippen molar-refractivity contribution >= 4 is 11.8 Å². The van der Waals surface area contributed by atoms with E-state index in [2.05, 4.69) is 15.8 Å². The molecule has 4 heteroatoms. The number of thioether (sulfide) groups is 1. The Hall–Kier alpha value is -0.480. The zero-order valence-corrected chi connectivity index (χ0v) is 11.7. The first-order valence-corrected chi connectivity index (χ1v) is 7.70. The highest BCUT2D eigenvalue weighted by molar-refractivity contribution is 8.00. The normalized spacial score (nSPS) is 21.4. The van der Waals surface area contributed by atoms with Crippen LogP contribution in [-0.4, -0.2) is 20.6 Å². The molecule has 1 aliphatic rings. The van der Waals surface area contributed by atoms with Crippen molar-refractivity contribution < 1.29 is 0 Å². The first-order valence-electron chi connectivity index (χ1n) is 6.48. The number of nitrogens with zero attached hydrogens (tertiary/aromatic N) is 2. The van der Waals surface area contributed by atoms with Crippen LogP contribution in [0.5, 0.6) is 0 Å². The molecule has 3 nitrogen and oxygen atoms in total. The first-order chi connectivity index (χ1) is 8.17. The standard InChI is InChI=1S/C13H23N3S/c1-11(14)12-8-15-10-16(12)9-13(17-2)6-4-3-5-7-13/h8,10-11H,3-7,9,14H2,1-2H3/t11-/m1/s1. The van der Waals surface area contributed by atoms with Gasteiger partial charge in [0.25, 0.3) is 0 Å². The lowest BCUT2D eigenvalue weighted by molar-refractivity contribution is 0.353. The molecule has 2 rings (SSSR count). The molecule has 2 N–H and O–H groups in total. The van der Waals surface area contributed by atoms with E-state index in [4.69, 9.17) is 5.73 Å². The summed E-state index contributed by atoms with van der Waals surface area (Å²) < 4.78 is 2.66. The van der Waals surface area contributed by atoms with Gasteiger partial charge in [0.1, 0.15) is 0 Å². The van der Waals surface area contributed by atoms with Gasteiger partial charge in [-0.15, -0.1) is 0 Å². The van der Waals surface area contributed by atoms with Crippen LogP contribution in [0.1, 0.15) is 50.8 Å². The quantitative estimate of drug-likeness (QED) is 0.897. The summed E-state index contributed by atoms with van der Waals surface area (Å²) in [6, 6.07) is 0.0694. The van der Waals surface area contributed by atoms with Crippen molar-refractivity contribution in [2.45, 2.75) is 56.4 Å². The number of hydrogen-bond acceptors (Lipinski definition) is 3. The third-order valence-corrected chi connectivity index (χ3v) is 5.27. The van der Waals surface area contributed by atoms with Crippen molar-refractivity contribution in [1.82, 2.24) is 9.55 Å². The lowest BCUT2D eigenvalue weighted by atomic mass is 9.88. The lowest BCUT2D eigenvalue weighted by Gasteiger charge is -2.36. The highest BCUT2D eigenvalue weighted by Gasteiger charge is 2.32. The Kier molecular flexibility index (Phi) is 4.15. The van der Waals surface area contributed by atoms with E-state index in [1.54, 1.807) is 0 Å². The van der Waals surface area contributed by atoms with E-state index in [9.17, 15) is 0 Å². The fourth-order valence-electron chi connectivity index (χ4n) is 2.78. The maximum Gasteiger partial charge on any atom is 0.0949 e. The van der Waals surface area contributed by atoms with Gasteiger partial charge in [-0.25, -0.2) is 4.98 Å². The smallest absolute Gasteiger partial charge is 0.0949 e. The Balaban J connectivity index is 2.14. The predicted octanol–water partition coefficient (Wildman–Crippen LogP) is 2.97. The molecule has 0 aromatic carbocycles. The van der Waals surface area contributed by atoms with Crippen LogP contribution in [0.25, 0.3) is 0 Å². The molecule has 0 saturated heterocycles. The van der Waals surface area contributed by atoms with Crippen LogP contribution >= 0.6 is 11.8 Å². The highest BCUT2D eigenvalue weighted by Crippen LogP contribution is 2.40. The fraction of sp³-hybridized carbons (Fsp3) is 0.769. The Morgan fingerprint density at radius 1 is 1.47 bits per heavy atom. The second-order valence-electron chi connectivity index (χ2n) is 5.18. The maximum absolute atomic E-state index is 5.98. The summed E-state index contributed by atoms with van der Waals surface area (Å²) in [6.07, 6.45) is 12.9. The molecule has 0 spiro atoms. The molecule has 1 heterocycles. The van der Waals surface area contributed by atoms with Crippen molar-refractivity contribution in [3.63, 3.8) is 0 Å². The van der Waals surface area contributed by atoms with E-state index < -0.39 is 0 Å². The summed E-state index contributed by atoms with van der Waals surface area (Å²) in [5, 5.41) is 0. The van der Waals surface area contributed by atoms with Crippen LogP contribution in [-0.2, 0) is 6.54 Å². The fourth-order valence-corrected chi connectivity index (χ4v) is 3.74. The Morgan fingerprint density at radius 2 is 2.18 bits per heavy atom. The van der Waals surface area contributed by atoms with Gasteiger partial charge in [0.2, 0.25) is 0 Å². The molecule has 1 fully saturated rings. The average molecular weight is 253 g/mol. The Bertz CT molecular complexity index is 353. The number of hydrogen-bond donors (Lipinski definition) is 1. The summed E-state index contributed by atoms with van der Waals surface area (Å²) in [5.74, 6) is 0. The molecular formula is C13H23N3S. The molecular weight excluding hydrogens is 230 g/mol. The van der Waals surface area contributed by atoms with E-state index >= 15 is 0 Å². The third-order valence-electron chi connectivity index (χ3n) is 3.87. The van der Waals surface area contributed by atoms with Gasteiger partial charge in [-0.3, -0.25) is 0 Å². The van der Waals surface area contributed by atoms with Gasteiger partial charge >= 0.3 is 0 Å². The van der Waals surface area contributed by atoms with Gasteiger partial charge in [-0.1, -0.05) is 19.3 Å². The molecule has 0 aliphatic heterocycles. The van der Waals surface area contributed by atoms with Crippen molar-refractivity contribution in [3.8, 4) is 0 Å².